The number of hydrogen-bond acceptors (Lipinski definition) is 5. The second-order valence-corrected chi connectivity index (χ2v) is 5.73. The Hall–Kier alpha value is -3.02. The molecule has 2 rings (SSSR count). The van der Waals surface area contributed by atoms with Crippen LogP contribution in [0.4, 0.5) is 5.69 Å². The predicted molar refractivity (Wildman–Crippen MR) is 95.7 cm³/mol. The lowest BCUT2D eigenvalue weighted by Gasteiger charge is -2.13. The number of amides is 2. The number of benzene rings is 2. The quantitative estimate of drug-likeness (QED) is 0.787. The highest BCUT2D eigenvalue weighted by molar-refractivity contribution is 6.05. The van der Waals surface area contributed by atoms with Crippen LogP contribution in [0.25, 0.3) is 0 Å². The van der Waals surface area contributed by atoms with Crippen LogP contribution in [-0.4, -0.2) is 26.0 Å². The molecule has 6 heteroatoms. The van der Waals surface area contributed by atoms with Crippen molar-refractivity contribution in [1.82, 2.24) is 5.32 Å². The summed E-state index contributed by atoms with van der Waals surface area (Å²) in [5.74, 6) is 0.0732. The van der Waals surface area contributed by atoms with Gasteiger partial charge in [-0.15, -0.1) is 0 Å². The number of ether oxygens (including phenoxy) is 2. The van der Waals surface area contributed by atoms with Crippen molar-refractivity contribution in [3.63, 3.8) is 0 Å². The standard InChI is InChI=1S/C19H22N2O4/c1-12(10-13-4-9-16(24-2)17(11-13)25-3)18(22)21-19(23)14-5-7-15(20)8-6-14/h4-9,11-12H,10,20H2,1-3H3,(H,21,22,23). The molecule has 3 N–H and O–H groups in total. The number of anilines is 1. The fourth-order valence-electron chi connectivity index (χ4n) is 2.40. The summed E-state index contributed by atoms with van der Waals surface area (Å²) < 4.78 is 10.5. The first kappa shape index (κ1) is 18.3. The summed E-state index contributed by atoms with van der Waals surface area (Å²) in [5.41, 5.74) is 7.46. The van der Waals surface area contributed by atoms with Crippen LogP contribution in [-0.2, 0) is 11.2 Å². The van der Waals surface area contributed by atoms with Crippen LogP contribution in [0.3, 0.4) is 0 Å². The van der Waals surface area contributed by atoms with E-state index in [1.54, 1.807) is 51.5 Å². The number of imide groups is 1. The highest BCUT2D eigenvalue weighted by atomic mass is 16.5. The normalized spacial score (nSPS) is 11.5. The minimum Gasteiger partial charge on any atom is -0.493 e. The molecule has 0 aliphatic heterocycles. The van der Waals surface area contributed by atoms with Gasteiger partial charge in [0.25, 0.3) is 5.91 Å². The Kier molecular flexibility index (Phi) is 6.00. The average Bonchev–Trinajstić information content (AvgIpc) is 2.61. The number of methoxy groups -OCH3 is 2. The lowest BCUT2D eigenvalue weighted by molar-refractivity contribution is -0.123. The lowest BCUT2D eigenvalue weighted by Crippen LogP contribution is -2.35. The fourth-order valence-corrected chi connectivity index (χ4v) is 2.40. The first-order valence-corrected chi connectivity index (χ1v) is 7.86. The molecule has 0 aliphatic rings. The summed E-state index contributed by atoms with van der Waals surface area (Å²) in [5, 5.41) is 2.41. The van der Waals surface area contributed by atoms with Gasteiger partial charge in [0, 0.05) is 17.2 Å². The molecule has 1 atom stereocenters. The van der Waals surface area contributed by atoms with Crippen molar-refractivity contribution in [2.24, 2.45) is 5.92 Å². The Morgan fingerprint density at radius 1 is 1.04 bits per heavy atom. The van der Waals surface area contributed by atoms with Gasteiger partial charge in [-0.05, 0) is 48.4 Å². The summed E-state index contributed by atoms with van der Waals surface area (Å²) in [6, 6.07) is 11.9. The van der Waals surface area contributed by atoms with Crippen molar-refractivity contribution < 1.29 is 19.1 Å². The monoisotopic (exact) mass is 342 g/mol. The van der Waals surface area contributed by atoms with E-state index >= 15 is 0 Å². The molecule has 0 aromatic heterocycles. The maximum atomic E-state index is 12.3. The summed E-state index contributed by atoms with van der Waals surface area (Å²) in [6.45, 7) is 1.77. The Morgan fingerprint density at radius 2 is 1.68 bits per heavy atom. The molecule has 0 aliphatic carbocycles. The van der Waals surface area contributed by atoms with E-state index in [1.165, 1.54) is 0 Å². The van der Waals surface area contributed by atoms with Gasteiger partial charge < -0.3 is 15.2 Å². The van der Waals surface area contributed by atoms with Gasteiger partial charge in [-0.1, -0.05) is 13.0 Å². The molecule has 25 heavy (non-hydrogen) atoms. The summed E-state index contributed by atoms with van der Waals surface area (Å²) >= 11 is 0. The van der Waals surface area contributed by atoms with Crippen molar-refractivity contribution in [2.75, 3.05) is 20.0 Å². The van der Waals surface area contributed by atoms with Crippen LogP contribution < -0.4 is 20.5 Å². The molecule has 0 radical (unpaired) electrons. The third-order valence-corrected chi connectivity index (χ3v) is 3.85. The van der Waals surface area contributed by atoms with Gasteiger partial charge in [0.05, 0.1) is 14.2 Å². The van der Waals surface area contributed by atoms with Crippen LogP contribution in [0.2, 0.25) is 0 Å². The SMILES string of the molecule is COc1ccc(CC(C)C(=O)NC(=O)c2ccc(N)cc2)cc1OC. The van der Waals surface area contributed by atoms with Gasteiger partial charge in [-0.25, -0.2) is 0 Å². The molecule has 6 nitrogen and oxygen atoms in total. The molecule has 2 aromatic rings. The van der Waals surface area contributed by atoms with Gasteiger partial charge in [-0.3, -0.25) is 14.9 Å². The van der Waals surface area contributed by atoms with E-state index in [1.807, 2.05) is 12.1 Å². The van der Waals surface area contributed by atoms with Crippen molar-refractivity contribution in [3.05, 3.63) is 53.6 Å². The smallest absolute Gasteiger partial charge is 0.257 e. The number of nitrogen functional groups attached to an aromatic ring is 1. The predicted octanol–water partition coefficient (Wildman–Crippen LogP) is 2.42. The van der Waals surface area contributed by atoms with Crippen LogP contribution >= 0.6 is 0 Å². The lowest BCUT2D eigenvalue weighted by atomic mass is 9.99. The molecule has 0 fully saturated rings. The van der Waals surface area contributed by atoms with Gasteiger partial charge in [0.2, 0.25) is 5.91 Å². The first-order valence-electron chi connectivity index (χ1n) is 7.86. The largest absolute Gasteiger partial charge is 0.493 e. The van der Waals surface area contributed by atoms with Gasteiger partial charge in [0.1, 0.15) is 0 Å². The zero-order valence-corrected chi connectivity index (χ0v) is 14.5. The molecule has 0 heterocycles. The Balaban J connectivity index is 2.00. The van der Waals surface area contributed by atoms with E-state index in [2.05, 4.69) is 5.32 Å². The first-order chi connectivity index (χ1) is 11.9. The third-order valence-electron chi connectivity index (χ3n) is 3.85. The number of carbonyl (C=O) groups is 2. The fraction of sp³-hybridized carbons (Fsp3) is 0.263. The van der Waals surface area contributed by atoms with E-state index in [9.17, 15) is 9.59 Å². The minimum absolute atomic E-state index is 0.336. The molecule has 2 aromatic carbocycles. The van der Waals surface area contributed by atoms with Crippen molar-refractivity contribution in [2.45, 2.75) is 13.3 Å². The van der Waals surface area contributed by atoms with E-state index in [4.69, 9.17) is 15.2 Å². The van der Waals surface area contributed by atoms with Gasteiger partial charge >= 0.3 is 0 Å². The second kappa shape index (κ2) is 8.19. The van der Waals surface area contributed by atoms with Crippen molar-refractivity contribution in [3.8, 4) is 11.5 Å². The Morgan fingerprint density at radius 3 is 2.28 bits per heavy atom. The third kappa shape index (κ3) is 4.73. The van der Waals surface area contributed by atoms with Crippen LogP contribution in [0.15, 0.2) is 42.5 Å². The van der Waals surface area contributed by atoms with E-state index in [0.717, 1.165) is 5.56 Å². The molecule has 132 valence electrons. The Bertz CT molecular complexity index is 757. The molecule has 2 amide bonds. The molecule has 0 spiro atoms. The van der Waals surface area contributed by atoms with E-state index in [-0.39, 0.29) is 11.8 Å². The summed E-state index contributed by atoms with van der Waals surface area (Å²) in [4.78, 5) is 24.4. The highest BCUT2D eigenvalue weighted by Crippen LogP contribution is 2.28. The molecule has 0 bridgehead atoms. The molecular formula is C19H22N2O4. The maximum Gasteiger partial charge on any atom is 0.257 e. The topological polar surface area (TPSA) is 90.7 Å². The average molecular weight is 342 g/mol. The van der Waals surface area contributed by atoms with Crippen LogP contribution in [0.5, 0.6) is 11.5 Å². The van der Waals surface area contributed by atoms with Gasteiger partial charge in [-0.2, -0.15) is 0 Å². The Labute approximate surface area is 146 Å². The number of carbonyl (C=O) groups excluding carboxylic acids is 2. The zero-order valence-electron chi connectivity index (χ0n) is 14.5. The highest BCUT2D eigenvalue weighted by Gasteiger charge is 2.18. The van der Waals surface area contributed by atoms with Crippen LogP contribution in [0.1, 0.15) is 22.8 Å². The molecule has 1 unspecified atom stereocenters. The number of hydrogen-bond donors (Lipinski definition) is 2. The van der Waals surface area contributed by atoms with E-state index in [0.29, 0.717) is 29.2 Å². The van der Waals surface area contributed by atoms with Crippen LogP contribution in [0, 0.1) is 5.92 Å². The summed E-state index contributed by atoms with van der Waals surface area (Å²) in [6.07, 6.45) is 0.473. The maximum absolute atomic E-state index is 12.3. The molecular weight excluding hydrogens is 320 g/mol. The minimum atomic E-state index is -0.441. The number of nitrogens with two attached hydrogens (primary N) is 1. The second-order valence-electron chi connectivity index (χ2n) is 5.73. The zero-order chi connectivity index (χ0) is 18.4. The number of rotatable bonds is 6. The van der Waals surface area contributed by atoms with Gasteiger partial charge in [0.15, 0.2) is 11.5 Å². The number of nitrogens with one attached hydrogen (secondary N) is 1. The summed E-state index contributed by atoms with van der Waals surface area (Å²) in [7, 11) is 3.12. The van der Waals surface area contributed by atoms with Crippen molar-refractivity contribution >= 4 is 17.5 Å². The van der Waals surface area contributed by atoms with Crippen molar-refractivity contribution in [1.29, 1.82) is 0 Å². The van der Waals surface area contributed by atoms with E-state index < -0.39 is 5.91 Å². The molecule has 0 saturated carbocycles. The molecule has 0 saturated heterocycles.